The monoisotopic (exact) mass is 376 g/mol. The highest BCUT2D eigenvalue weighted by Crippen LogP contribution is 2.28. The number of hydrogen-bond donors (Lipinski definition) is 2. The molecule has 1 aliphatic rings. The van der Waals surface area contributed by atoms with Crippen molar-refractivity contribution in [3.63, 3.8) is 0 Å². The Bertz CT molecular complexity index is 903. The first-order valence-electron chi connectivity index (χ1n) is 9.58. The third-order valence-electron chi connectivity index (χ3n) is 5.18. The van der Waals surface area contributed by atoms with Crippen LogP contribution in [0.2, 0.25) is 0 Å². The normalized spacial score (nSPS) is 15.7. The fourth-order valence-electron chi connectivity index (χ4n) is 3.63. The van der Waals surface area contributed by atoms with E-state index in [0.717, 1.165) is 30.2 Å². The summed E-state index contributed by atoms with van der Waals surface area (Å²) >= 11 is 0. The number of ether oxygens (including phenoxy) is 1. The zero-order valence-electron chi connectivity index (χ0n) is 15.7. The Labute approximate surface area is 164 Å². The van der Waals surface area contributed by atoms with Gasteiger partial charge < -0.3 is 15.4 Å². The van der Waals surface area contributed by atoms with Crippen molar-refractivity contribution in [2.24, 2.45) is 0 Å². The lowest BCUT2D eigenvalue weighted by molar-refractivity contribution is -0.132. The molecule has 3 aromatic rings. The zero-order valence-corrected chi connectivity index (χ0v) is 15.7. The minimum Gasteiger partial charge on any atom is -0.457 e. The van der Waals surface area contributed by atoms with Crippen molar-refractivity contribution in [2.75, 3.05) is 13.1 Å². The predicted molar refractivity (Wildman–Crippen MR) is 107 cm³/mol. The van der Waals surface area contributed by atoms with E-state index in [2.05, 4.69) is 15.7 Å². The Morgan fingerprint density at radius 1 is 1.07 bits per heavy atom. The number of nitrogens with one attached hydrogen (secondary N) is 2. The smallest absolute Gasteiger partial charge is 0.248 e. The number of benzene rings is 2. The number of hydrogen-bond acceptors (Lipinski definition) is 4. The van der Waals surface area contributed by atoms with Crippen molar-refractivity contribution in [1.82, 2.24) is 20.4 Å². The van der Waals surface area contributed by atoms with Crippen LogP contribution in [0.4, 0.5) is 0 Å². The third kappa shape index (κ3) is 3.77. The molecule has 28 heavy (non-hydrogen) atoms. The molecule has 0 bridgehead atoms. The molecule has 0 unspecified atom stereocenters. The molecule has 0 aliphatic carbocycles. The van der Waals surface area contributed by atoms with Crippen LogP contribution in [0.5, 0.6) is 11.5 Å². The molecule has 0 spiro atoms. The molecule has 1 fully saturated rings. The summed E-state index contributed by atoms with van der Waals surface area (Å²) in [7, 11) is 0. The molecule has 1 aliphatic heterocycles. The number of aromatic nitrogens is 2. The maximum atomic E-state index is 13.2. The van der Waals surface area contributed by atoms with Crippen LogP contribution in [0.25, 0.3) is 0 Å². The van der Waals surface area contributed by atoms with E-state index >= 15 is 0 Å². The highest BCUT2D eigenvalue weighted by Gasteiger charge is 2.41. The largest absolute Gasteiger partial charge is 0.457 e. The highest BCUT2D eigenvalue weighted by molar-refractivity contribution is 5.84. The van der Waals surface area contributed by atoms with Crippen molar-refractivity contribution in [1.29, 1.82) is 0 Å². The summed E-state index contributed by atoms with van der Waals surface area (Å²) in [5, 5.41) is 10.8. The van der Waals surface area contributed by atoms with Gasteiger partial charge in [0, 0.05) is 24.5 Å². The highest BCUT2D eigenvalue weighted by atomic mass is 16.5. The number of amides is 1. The molecule has 1 saturated heterocycles. The molecule has 1 amide bonds. The molecular formula is C22H24N4O2. The molecule has 6 nitrogen and oxygen atoms in total. The van der Waals surface area contributed by atoms with Gasteiger partial charge in [-0.3, -0.25) is 9.48 Å². The molecule has 4 rings (SSSR count). The summed E-state index contributed by atoms with van der Waals surface area (Å²) in [6.45, 7) is 1.99. The van der Waals surface area contributed by atoms with E-state index in [9.17, 15) is 4.79 Å². The molecule has 2 aromatic carbocycles. The molecule has 2 N–H and O–H groups in total. The number of para-hydroxylation sites is 2. The minimum atomic E-state index is -0.649. The molecule has 0 saturated carbocycles. The number of piperidine rings is 1. The van der Waals surface area contributed by atoms with E-state index in [4.69, 9.17) is 4.74 Å². The summed E-state index contributed by atoms with van der Waals surface area (Å²) < 4.78 is 7.81. The fraction of sp³-hybridized carbons (Fsp3) is 0.273. The van der Waals surface area contributed by atoms with Gasteiger partial charge in [0.1, 0.15) is 17.0 Å². The van der Waals surface area contributed by atoms with Crippen LogP contribution in [0.15, 0.2) is 73.1 Å². The van der Waals surface area contributed by atoms with Crippen LogP contribution in [0, 0.1) is 0 Å². The summed E-state index contributed by atoms with van der Waals surface area (Å²) in [6, 6.07) is 19.3. The van der Waals surface area contributed by atoms with Gasteiger partial charge in [-0.05, 0) is 50.2 Å². The van der Waals surface area contributed by atoms with Crippen molar-refractivity contribution >= 4 is 5.91 Å². The topological polar surface area (TPSA) is 68.2 Å². The zero-order chi connectivity index (χ0) is 19.2. The van der Waals surface area contributed by atoms with Gasteiger partial charge in [-0.2, -0.15) is 5.10 Å². The average Bonchev–Trinajstić information content (AvgIpc) is 3.30. The average molecular weight is 376 g/mol. The molecule has 2 heterocycles. The van der Waals surface area contributed by atoms with E-state index in [0.29, 0.717) is 19.4 Å². The first-order chi connectivity index (χ1) is 13.8. The van der Waals surface area contributed by atoms with Crippen LogP contribution in [-0.2, 0) is 16.9 Å². The lowest BCUT2D eigenvalue weighted by Gasteiger charge is -2.36. The Hall–Kier alpha value is -3.12. The Morgan fingerprint density at radius 3 is 2.57 bits per heavy atom. The lowest BCUT2D eigenvalue weighted by Crippen LogP contribution is -2.54. The first kappa shape index (κ1) is 18.3. The number of carbonyl (C=O) groups excluding carboxylic acids is 1. The third-order valence-corrected chi connectivity index (χ3v) is 5.18. The molecule has 144 valence electrons. The van der Waals surface area contributed by atoms with Gasteiger partial charge in [0.2, 0.25) is 5.91 Å². The van der Waals surface area contributed by atoms with Gasteiger partial charge >= 0.3 is 0 Å². The lowest BCUT2D eigenvalue weighted by atomic mass is 9.87. The standard InChI is InChI=1S/C22H24N4O2/c27-21(22(11-14-23-15-12-22)26-16-6-13-25-26)24-17-18-7-4-5-10-20(18)28-19-8-2-1-3-9-19/h1-10,13,16,23H,11-12,14-15,17H2,(H,24,27). The van der Waals surface area contributed by atoms with Crippen molar-refractivity contribution in [3.8, 4) is 11.5 Å². The van der Waals surface area contributed by atoms with Crippen LogP contribution < -0.4 is 15.4 Å². The van der Waals surface area contributed by atoms with E-state index in [-0.39, 0.29) is 5.91 Å². The van der Waals surface area contributed by atoms with Crippen LogP contribution >= 0.6 is 0 Å². The van der Waals surface area contributed by atoms with E-state index < -0.39 is 5.54 Å². The molecule has 1 aromatic heterocycles. The van der Waals surface area contributed by atoms with E-state index in [1.165, 1.54) is 0 Å². The molecular weight excluding hydrogens is 352 g/mol. The quantitative estimate of drug-likeness (QED) is 0.694. The minimum absolute atomic E-state index is 0.00721. The summed E-state index contributed by atoms with van der Waals surface area (Å²) in [6.07, 6.45) is 5.02. The maximum Gasteiger partial charge on any atom is 0.248 e. The van der Waals surface area contributed by atoms with Gasteiger partial charge in [0.05, 0.1) is 0 Å². The first-order valence-corrected chi connectivity index (χ1v) is 9.58. The van der Waals surface area contributed by atoms with Gasteiger partial charge in [-0.1, -0.05) is 36.4 Å². The predicted octanol–water partition coefficient (Wildman–Crippen LogP) is 3.07. The molecule has 6 heteroatoms. The fourth-order valence-corrected chi connectivity index (χ4v) is 3.63. The second kappa shape index (κ2) is 8.27. The summed E-state index contributed by atoms with van der Waals surface area (Å²) in [5.41, 5.74) is 0.286. The van der Waals surface area contributed by atoms with Crippen molar-refractivity contribution in [3.05, 3.63) is 78.6 Å². The van der Waals surface area contributed by atoms with Crippen molar-refractivity contribution in [2.45, 2.75) is 24.9 Å². The number of carbonyl (C=O) groups is 1. The number of nitrogens with zero attached hydrogens (tertiary/aromatic N) is 2. The molecule has 0 atom stereocenters. The second-order valence-corrected chi connectivity index (χ2v) is 6.94. The number of rotatable bonds is 6. The summed E-state index contributed by atoms with van der Waals surface area (Å²) in [4.78, 5) is 13.2. The maximum absolute atomic E-state index is 13.2. The van der Waals surface area contributed by atoms with Crippen molar-refractivity contribution < 1.29 is 9.53 Å². The summed E-state index contributed by atoms with van der Waals surface area (Å²) in [5.74, 6) is 1.51. The van der Waals surface area contributed by atoms with Crippen LogP contribution in [0.1, 0.15) is 18.4 Å². The van der Waals surface area contributed by atoms with Gasteiger partial charge in [0.25, 0.3) is 0 Å². The van der Waals surface area contributed by atoms with Gasteiger partial charge in [-0.15, -0.1) is 0 Å². The van der Waals surface area contributed by atoms with E-state index in [1.54, 1.807) is 10.9 Å². The Kier molecular flexibility index (Phi) is 5.39. The van der Waals surface area contributed by atoms with Gasteiger partial charge in [-0.25, -0.2) is 0 Å². The van der Waals surface area contributed by atoms with Crippen LogP contribution in [-0.4, -0.2) is 28.8 Å². The molecule has 0 radical (unpaired) electrons. The van der Waals surface area contributed by atoms with E-state index in [1.807, 2.05) is 66.9 Å². The Balaban J connectivity index is 1.50. The van der Waals surface area contributed by atoms with Gasteiger partial charge in [0.15, 0.2) is 0 Å². The second-order valence-electron chi connectivity index (χ2n) is 6.94. The Morgan fingerprint density at radius 2 is 1.82 bits per heavy atom. The SMILES string of the molecule is O=C(NCc1ccccc1Oc1ccccc1)C1(n2cccn2)CCNCC1. The van der Waals surface area contributed by atoms with Crippen LogP contribution in [0.3, 0.4) is 0 Å².